The zero-order chi connectivity index (χ0) is 22.5. The van der Waals surface area contributed by atoms with Gasteiger partial charge in [-0.25, -0.2) is 4.98 Å². The summed E-state index contributed by atoms with van der Waals surface area (Å²) in [5, 5.41) is 3.38. The molecule has 2 heterocycles. The molecule has 0 unspecified atom stereocenters. The van der Waals surface area contributed by atoms with Gasteiger partial charge in [-0.05, 0) is 24.1 Å². The average molecular weight is 480 g/mol. The lowest BCUT2D eigenvalue weighted by atomic mass is 10.1. The minimum atomic E-state index is -0.192. The van der Waals surface area contributed by atoms with Crippen LogP contribution in [0.1, 0.15) is 28.0 Å². The summed E-state index contributed by atoms with van der Waals surface area (Å²) in [6, 6.07) is 18.1. The molecule has 32 heavy (non-hydrogen) atoms. The number of aryl methyl sites for hydroxylation is 1. The highest BCUT2D eigenvalue weighted by atomic mass is 32.2. The Kier molecular flexibility index (Phi) is 7.14. The Hall–Kier alpha value is -2.81. The molecule has 0 atom stereocenters. The lowest BCUT2D eigenvalue weighted by molar-refractivity contribution is -0.122. The van der Waals surface area contributed by atoms with Gasteiger partial charge in [0.2, 0.25) is 5.91 Å². The molecular weight excluding hydrogens is 458 g/mol. The number of nitrogens with zero attached hydrogens (tertiary/aromatic N) is 2. The van der Waals surface area contributed by atoms with Gasteiger partial charge in [-0.1, -0.05) is 84.1 Å². The highest BCUT2D eigenvalue weighted by Crippen LogP contribution is 2.32. The third-order valence-corrected chi connectivity index (χ3v) is 7.12. The summed E-state index contributed by atoms with van der Waals surface area (Å²) < 4.78 is 0.473. The molecule has 1 aliphatic heterocycles. The first kappa shape index (κ1) is 22.4. The highest BCUT2D eigenvalue weighted by Gasteiger charge is 2.32. The largest absolute Gasteiger partial charge is 0.302 e. The van der Waals surface area contributed by atoms with Crippen LogP contribution in [0.2, 0.25) is 0 Å². The van der Waals surface area contributed by atoms with E-state index in [4.69, 9.17) is 12.2 Å². The Labute approximate surface area is 200 Å². The Morgan fingerprint density at radius 1 is 1.16 bits per heavy atom. The van der Waals surface area contributed by atoms with Crippen LogP contribution in [-0.4, -0.2) is 32.6 Å². The molecule has 3 aromatic rings. The van der Waals surface area contributed by atoms with Gasteiger partial charge in [0.15, 0.2) is 5.13 Å². The Morgan fingerprint density at radius 2 is 1.91 bits per heavy atom. The third-order valence-electron chi connectivity index (χ3n) is 4.83. The van der Waals surface area contributed by atoms with Crippen molar-refractivity contribution < 1.29 is 9.59 Å². The van der Waals surface area contributed by atoms with E-state index in [0.717, 1.165) is 22.4 Å². The second kappa shape index (κ2) is 10.2. The number of nitrogens with one attached hydrogen (secondary N) is 1. The van der Waals surface area contributed by atoms with E-state index in [-0.39, 0.29) is 24.8 Å². The van der Waals surface area contributed by atoms with Crippen molar-refractivity contribution in [1.82, 2.24) is 9.88 Å². The van der Waals surface area contributed by atoms with Gasteiger partial charge in [-0.2, -0.15) is 0 Å². The fraction of sp³-hybridized carbons (Fsp3) is 0.167. The minimum absolute atomic E-state index is 0.151. The number of hydrogen-bond donors (Lipinski definition) is 1. The summed E-state index contributed by atoms with van der Waals surface area (Å²) >= 11 is 8.09. The van der Waals surface area contributed by atoms with Crippen molar-refractivity contribution in [3.8, 4) is 0 Å². The fourth-order valence-electron chi connectivity index (χ4n) is 3.15. The van der Waals surface area contributed by atoms with Crippen LogP contribution in [0.4, 0.5) is 5.13 Å². The van der Waals surface area contributed by atoms with Crippen molar-refractivity contribution in [1.29, 1.82) is 0 Å². The van der Waals surface area contributed by atoms with Crippen molar-refractivity contribution in [2.24, 2.45) is 0 Å². The number of thioether (sulfide) groups is 1. The number of aromatic nitrogens is 1. The lowest BCUT2D eigenvalue weighted by Crippen LogP contribution is -2.31. The van der Waals surface area contributed by atoms with Crippen LogP contribution in [-0.2, 0) is 16.0 Å². The van der Waals surface area contributed by atoms with Crippen LogP contribution in [0.25, 0.3) is 6.08 Å². The van der Waals surface area contributed by atoms with Crippen LogP contribution in [0.15, 0.2) is 65.7 Å². The first-order chi connectivity index (χ1) is 15.5. The normalized spacial score (nSPS) is 14.9. The predicted molar refractivity (Wildman–Crippen MR) is 136 cm³/mol. The number of thiazole rings is 1. The van der Waals surface area contributed by atoms with Gasteiger partial charge in [-0.15, -0.1) is 11.3 Å². The molecular formula is C24H21N3O2S3. The van der Waals surface area contributed by atoms with E-state index in [1.165, 1.54) is 33.6 Å². The number of carbonyl (C=O) groups excluding carboxylic acids is 2. The third kappa shape index (κ3) is 5.70. The van der Waals surface area contributed by atoms with E-state index in [0.29, 0.717) is 14.4 Å². The molecule has 0 spiro atoms. The van der Waals surface area contributed by atoms with Crippen LogP contribution in [0, 0.1) is 6.92 Å². The number of anilines is 1. The summed E-state index contributed by atoms with van der Waals surface area (Å²) in [6.07, 6.45) is 4.55. The number of benzene rings is 2. The molecule has 0 saturated carbocycles. The number of amides is 2. The Balaban J connectivity index is 1.30. The van der Waals surface area contributed by atoms with E-state index >= 15 is 0 Å². The quantitative estimate of drug-likeness (QED) is 0.369. The van der Waals surface area contributed by atoms with Gasteiger partial charge in [0.05, 0.1) is 4.91 Å². The topological polar surface area (TPSA) is 62.3 Å². The van der Waals surface area contributed by atoms with Crippen molar-refractivity contribution >= 4 is 62.7 Å². The monoisotopic (exact) mass is 479 g/mol. The molecule has 2 amide bonds. The van der Waals surface area contributed by atoms with E-state index in [1.54, 1.807) is 6.20 Å². The van der Waals surface area contributed by atoms with Gasteiger partial charge < -0.3 is 5.32 Å². The molecule has 0 aliphatic carbocycles. The molecule has 1 saturated heterocycles. The predicted octanol–water partition coefficient (Wildman–Crippen LogP) is 5.27. The van der Waals surface area contributed by atoms with Crippen LogP contribution >= 0.6 is 35.3 Å². The number of carbonyl (C=O) groups is 2. The minimum Gasteiger partial charge on any atom is -0.302 e. The Bertz CT molecular complexity index is 1170. The average Bonchev–Trinajstić information content (AvgIpc) is 3.32. The number of hydrogen-bond acceptors (Lipinski definition) is 6. The maximum absolute atomic E-state index is 12.7. The maximum Gasteiger partial charge on any atom is 0.266 e. The van der Waals surface area contributed by atoms with Crippen LogP contribution < -0.4 is 5.32 Å². The molecule has 1 fully saturated rings. The molecule has 5 nitrogen and oxygen atoms in total. The van der Waals surface area contributed by atoms with Gasteiger partial charge >= 0.3 is 0 Å². The number of rotatable bonds is 7. The first-order valence-electron chi connectivity index (χ1n) is 10.1. The van der Waals surface area contributed by atoms with Gasteiger partial charge in [0.25, 0.3) is 5.91 Å². The van der Waals surface area contributed by atoms with E-state index in [2.05, 4.69) is 22.4 Å². The SMILES string of the molecule is Cc1ccc(/C=C2\SC(=S)N(CCC(=O)Nc3ncc(Cc4ccccc4)s3)C2=O)cc1. The molecule has 1 aliphatic rings. The van der Waals surface area contributed by atoms with Crippen LogP contribution in [0.3, 0.4) is 0 Å². The first-order valence-corrected chi connectivity index (χ1v) is 12.1. The highest BCUT2D eigenvalue weighted by molar-refractivity contribution is 8.26. The van der Waals surface area contributed by atoms with Crippen molar-refractivity contribution in [2.45, 2.75) is 19.8 Å². The summed E-state index contributed by atoms with van der Waals surface area (Å²) in [5.74, 6) is -0.352. The molecule has 1 aromatic heterocycles. The van der Waals surface area contributed by atoms with Gasteiger partial charge in [0.1, 0.15) is 4.32 Å². The standard InChI is InChI=1S/C24H21N3O2S3/c1-16-7-9-18(10-8-16)14-20-22(29)27(24(30)32-20)12-11-21(28)26-23-25-15-19(31-23)13-17-5-3-2-4-6-17/h2-10,14-15H,11-13H2,1H3,(H,25,26,28)/b20-14-. The maximum atomic E-state index is 12.7. The summed E-state index contributed by atoms with van der Waals surface area (Å²) in [7, 11) is 0. The summed E-state index contributed by atoms with van der Waals surface area (Å²) in [4.78, 5) is 32.6. The molecule has 162 valence electrons. The smallest absolute Gasteiger partial charge is 0.266 e. The van der Waals surface area contributed by atoms with Gasteiger partial charge in [-0.3, -0.25) is 14.5 Å². The molecule has 0 radical (unpaired) electrons. The molecule has 4 rings (SSSR count). The van der Waals surface area contributed by atoms with Crippen molar-refractivity contribution in [2.75, 3.05) is 11.9 Å². The summed E-state index contributed by atoms with van der Waals surface area (Å²) in [5.41, 5.74) is 3.30. The van der Waals surface area contributed by atoms with Gasteiger partial charge in [0, 0.05) is 30.5 Å². The Morgan fingerprint density at radius 3 is 2.66 bits per heavy atom. The zero-order valence-corrected chi connectivity index (χ0v) is 19.9. The second-order valence-corrected chi connectivity index (χ2v) is 10.1. The van der Waals surface area contributed by atoms with Crippen molar-refractivity contribution in [3.05, 3.63) is 87.3 Å². The fourth-order valence-corrected chi connectivity index (χ4v) is 5.32. The summed E-state index contributed by atoms with van der Waals surface area (Å²) in [6.45, 7) is 2.26. The van der Waals surface area contributed by atoms with Crippen molar-refractivity contribution in [3.63, 3.8) is 0 Å². The van der Waals surface area contributed by atoms with E-state index in [9.17, 15) is 9.59 Å². The molecule has 0 bridgehead atoms. The zero-order valence-electron chi connectivity index (χ0n) is 17.4. The van der Waals surface area contributed by atoms with E-state index < -0.39 is 0 Å². The molecule has 2 aromatic carbocycles. The second-order valence-electron chi connectivity index (χ2n) is 7.34. The lowest BCUT2D eigenvalue weighted by Gasteiger charge is -2.13. The molecule has 8 heteroatoms. The molecule has 1 N–H and O–H groups in total. The van der Waals surface area contributed by atoms with Crippen LogP contribution in [0.5, 0.6) is 0 Å². The number of thiocarbonyl (C=S) groups is 1. The van der Waals surface area contributed by atoms with E-state index in [1.807, 2.05) is 55.5 Å².